The second-order valence-corrected chi connectivity index (χ2v) is 8.11. The highest BCUT2D eigenvalue weighted by molar-refractivity contribution is 9.10. The molecule has 6 nitrogen and oxygen atoms in total. The van der Waals surface area contributed by atoms with E-state index in [1.54, 1.807) is 27.4 Å². The number of hydrogen-bond donors (Lipinski definition) is 0. The van der Waals surface area contributed by atoms with Crippen molar-refractivity contribution in [1.82, 2.24) is 4.68 Å². The molecule has 1 heterocycles. The normalized spacial score (nSPS) is 12.0. The van der Waals surface area contributed by atoms with Crippen LogP contribution in [-0.2, 0) is 0 Å². The van der Waals surface area contributed by atoms with Gasteiger partial charge in [0.2, 0.25) is 10.6 Å². The van der Waals surface area contributed by atoms with Crippen LogP contribution < -0.4 is 19.0 Å². The van der Waals surface area contributed by atoms with Gasteiger partial charge in [-0.05, 0) is 25.1 Å². The Kier molecular flexibility index (Phi) is 7.70. The summed E-state index contributed by atoms with van der Waals surface area (Å²) in [5.74, 6) is 1.69. The van der Waals surface area contributed by atoms with E-state index < -0.39 is 0 Å². The van der Waals surface area contributed by atoms with Crippen molar-refractivity contribution in [2.45, 2.75) is 6.92 Å². The zero-order valence-corrected chi connectivity index (χ0v) is 20.3. The smallest absolute Gasteiger partial charge is 0.206 e. The van der Waals surface area contributed by atoms with Gasteiger partial charge in [0.05, 0.1) is 39.3 Å². The molecule has 0 N–H and O–H groups in total. The summed E-state index contributed by atoms with van der Waals surface area (Å²) in [6.45, 7) is 6.21. The van der Waals surface area contributed by atoms with Gasteiger partial charge < -0.3 is 14.2 Å². The SMILES string of the molecule is C=CCN=c1scc(-c2ccccc2Br)n1N=C(C)c1cc(OC)c(OC)c(OC)c1. The molecule has 162 valence electrons. The summed E-state index contributed by atoms with van der Waals surface area (Å²) in [7, 11) is 4.77. The molecule has 31 heavy (non-hydrogen) atoms. The predicted octanol–water partition coefficient (Wildman–Crippen LogP) is 5.36. The van der Waals surface area contributed by atoms with E-state index in [1.165, 1.54) is 11.3 Å². The minimum absolute atomic E-state index is 0.509. The van der Waals surface area contributed by atoms with Gasteiger partial charge in [-0.3, -0.25) is 4.99 Å². The molecular formula is C23H24BrN3O3S. The van der Waals surface area contributed by atoms with Gasteiger partial charge >= 0.3 is 0 Å². The standard InChI is InChI=1S/C23H24BrN3O3S/c1-6-11-25-23-27(19(14-31-23)17-9-7-8-10-18(17)24)26-15(2)16-12-20(28-3)22(30-5)21(13-16)29-4/h6-10,12-14H,1,11H2,2-5H3. The van der Waals surface area contributed by atoms with Crippen molar-refractivity contribution in [3.05, 3.63) is 69.3 Å². The molecule has 0 amide bonds. The minimum atomic E-state index is 0.509. The first kappa shape index (κ1) is 22.8. The molecule has 0 aliphatic heterocycles. The second kappa shape index (κ2) is 10.5. The summed E-state index contributed by atoms with van der Waals surface area (Å²) in [5, 5.41) is 6.96. The number of aromatic nitrogens is 1. The van der Waals surface area contributed by atoms with Gasteiger partial charge in [0.25, 0.3) is 0 Å². The maximum atomic E-state index is 5.49. The maximum Gasteiger partial charge on any atom is 0.206 e. The van der Waals surface area contributed by atoms with E-state index in [1.807, 2.05) is 53.4 Å². The lowest BCUT2D eigenvalue weighted by Crippen LogP contribution is -2.15. The Balaban J connectivity index is 2.20. The monoisotopic (exact) mass is 501 g/mol. The molecule has 0 saturated heterocycles. The van der Waals surface area contributed by atoms with Gasteiger partial charge in [0.1, 0.15) is 0 Å². The van der Waals surface area contributed by atoms with Crippen molar-refractivity contribution in [3.8, 4) is 28.5 Å². The number of rotatable bonds is 8. The van der Waals surface area contributed by atoms with Gasteiger partial charge in [-0.15, -0.1) is 17.9 Å². The first-order valence-corrected chi connectivity index (χ1v) is 11.1. The second-order valence-electron chi connectivity index (χ2n) is 6.42. The van der Waals surface area contributed by atoms with Crippen LogP contribution in [0.2, 0.25) is 0 Å². The Morgan fingerprint density at radius 1 is 1.13 bits per heavy atom. The van der Waals surface area contributed by atoms with Gasteiger partial charge in [0.15, 0.2) is 11.5 Å². The van der Waals surface area contributed by atoms with Crippen LogP contribution in [0, 0.1) is 0 Å². The van der Waals surface area contributed by atoms with Crippen LogP contribution >= 0.6 is 27.3 Å². The topological polar surface area (TPSA) is 57.3 Å². The van der Waals surface area contributed by atoms with Crippen molar-refractivity contribution < 1.29 is 14.2 Å². The van der Waals surface area contributed by atoms with Gasteiger partial charge in [-0.1, -0.05) is 40.2 Å². The number of nitrogens with zero attached hydrogens (tertiary/aromatic N) is 3. The van der Waals surface area contributed by atoms with Crippen LogP contribution in [-0.4, -0.2) is 38.3 Å². The van der Waals surface area contributed by atoms with E-state index >= 15 is 0 Å². The first-order valence-electron chi connectivity index (χ1n) is 9.46. The molecule has 0 aliphatic carbocycles. The number of thiazole rings is 1. The third-order valence-electron chi connectivity index (χ3n) is 4.52. The maximum absolute atomic E-state index is 5.49. The summed E-state index contributed by atoms with van der Waals surface area (Å²) in [6.07, 6.45) is 1.76. The van der Waals surface area contributed by atoms with Gasteiger partial charge in [0, 0.05) is 21.0 Å². The van der Waals surface area contributed by atoms with E-state index in [9.17, 15) is 0 Å². The molecule has 2 aromatic carbocycles. The quantitative estimate of drug-likeness (QED) is 0.308. The lowest BCUT2D eigenvalue weighted by Gasteiger charge is -2.14. The molecule has 0 radical (unpaired) electrons. The molecule has 0 saturated carbocycles. The minimum Gasteiger partial charge on any atom is -0.493 e. The number of hydrogen-bond acceptors (Lipinski definition) is 6. The Bertz CT molecular complexity index is 1160. The highest BCUT2D eigenvalue weighted by Gasteiger charge is 2.16. The lowest BCUT2D eigenvalue weighted by molar-refractivity contribution is 0.324. The number of benzene rings is 2. The zero-order valence-electron chi connectivity index (χ0n) is 17.9. The summed E-state index contributed by atoms with van der Waals surface area (Å²) >= 11 is 5.17. The van der Waals surface area contributed by atoms with Crippen LogP contribution in [0.1, 0.15) is 12.5 Å². The van der Waals surface area contributed by atoms with E-state index in [-0.39, 0.29) is 0 Å². The van der Waals surface area contributed by atoms with Crippen LogP contribution in [0.25, 0.3) is 11.3 Å². The average molecular weight is 502 g/mol. The Morgan fingerprint density at radius 2 is 1.81 bits per heavy atom. The molecule has 0 unspecified atom stereocenters. The van der Waals surface area contributed by atoms with Crippen molar-refractivity contribution in [2.75, 3.05) is 27.9 Å². The Labute approximate surface area is 194 Å². The fourth-order valence-corrected chi connectivity index (χ4v) is 4.32. The predicted molar refractivity (Wildman–Crippen MR) is 130 cm³/mol. The van der Waals surface area contributed by atoms with Crippen LogP contribution in [0.5, 0.6) is 17.2 Å². The highest BCUT2D eigenvalue weighted by atomic mass is 79.9. The van der Waals surface area contributed by atoms with E-state index in [2.05, 4.69) is 27.5 Å². The zero-order chi connectivity index (χ0) is 22.4. The summed E-state index contributed by atoms with van der Waals surface area (Å²) in [4.78, 5) is 5.39. The molecule has 0 atom stereocenters. The van der Waals surface area contributed by atoms with Crippen molar-refractivity contribution in [1.29, 1.82) is 0 Å². The van der Waals surface area contributed by atoms with Crippen LogP contribution in [0.15, 0.2) is 69.0 Å². The molecule has 3 rings (SSSR count). The Hall–Kier alpha value is -2.84. The van der Waals surface area contributed by atoms with E-state index in [0.29, 0.717) is 23.8 Å². The molecular weight excluding hydrogens is 478 g/mol. The molecule has 0 bridgehead atoms. The van der Waals surface area contributed by atoms with Crippen molar-refractivity contribution in [2.24, 2.45) is 10.1 Å². The van der Waals surface area contributed by atoms with E-state index in [0.717, 1.165) is 31.8 Å². The van der Waals surface area contributed by atoms with Crippen LogP contribution in [0.3, 0.4) is 0 Å². The molecule has 0 aliphatic rings. The van der Waals surface area contributed by atoms with Gasteiger partial charge in [-0.25, -0.2) is 4.68 Å². The molecule has 8 heteroatoms. The van der Waals surface area contributed by atoms with Gasteiger partial charge in [-0.2, -0.15) is 5.10 Å². The molecule has 0 fully saturated rings. The highest BCUT2D eigenvalue weighted by Crippen LogP contribution is 2.38. The fourth-order valence-electron chi connectivity index (χ4n) is 3.00. The fraction of sp³-hybridized carbons (Fsp3) is 0.217. The van der Waals surface area contributed by atoms with Crippen molar-refractivity contribution >= 4 is 33.0 Å². The molecule has 0 spiro atoms. The first-order chi connectivity index (χ1) is 15.0. The summed E-state index contributed by atoms with van der Waals surface area (Å²) in [5.41, 5.74) is 3.58. The molecule has 1 aromatic heterocycles. The summed E-state index contributed by atoms with van der Waals surface area (Å²) in [6, 6.07) is 11.8. The number of ether oxygens (including phenoxy) is 3. The number of halogens is 1. The third-order valence-corrected chi connectivity index (χ3v) is 6.07. The van der Waals surface area contributed by atoms with Crippen LogP contribution in [0.4, 0.5) is 0 Å². The molecule has 3 aromatic rings. The average Bonchev–Trinajstić information content (AvgIpc) is 3.18. The van der Waals surface area contributed by atoms with E-state index in [4.69, 9.17) is 19.3 Å². The Morgan fingerprint density at radius 3 is 2.39 bits per heavy atom. The largest absolute Gasteiger partial charge is 0.493 e. The summed E-state index contributed by atoms with van der Waals surface area (Å²) < 4.78 is 19.2. The third kappa shape index (κ3) is 4.91. The number of methoxy groups -OCH3 is 3. The lowest BCUT2D eigenvalue weighted by atomic mass is 10.1. The van der Waals surface area contributed by atoms with Crippen molar-refractivity contribution in [3.63, 3.8) is 0 Å².